The molecule has 0 unspecified atom stereocenters. The molecule has 7 nitrogen and oxygen atoms in total. The molecule has 0 aliphatic rings. The van der Waals surface area contributed by atoms with Crippen molar-refractivity contribution in [3.63, 3.8) is 0 Å². The molecule has 1 aromatic heterocycles. The van der Waals surface area contributed by atoms with E-state index in [1.54, 1.807) is 39.8 Å². The number of ether oxygens (including phenoxy) is 2. The lowest BCUT2D eigenvalue weighted by Crippen LogP contribution is -2.43. The monoisotopic (exact) mass is 361 g/mol. The van der Waals surface area contributed by atoms with Gasteiger partial charge in [-0.1, -0.05) is 0 Å². The molecule has 2 rings (SSSR count). The van der Waals surface area contributed by atoms with Gasteiger partial charge in [-0.25, -0.2) is 14.4 Å². The number of hydrogen-bond acceptors (Lipinski definition) is 6. The van der Waals surface area contributed by atoms with Gasteiger partial charge in [0.05, 0.1) is 0 Å². The van der Waals surface area contributed by atoms with Crippen LogP contribution in [0.3, 0.4) is 0 Å². The summed E-state index contributed by atoms with van der Waals surface area (Å²) in [4.78, 5) is 35.7. The van der Waals surface area contributed by atoms with E-state index in [0.717, 1.165) is 10.9 Å². The van der Waals surface area contributed by atoms with Crippen LogP contribution in [-0.4, -0.2) is 23.7 Å². The van der Waals surface area contributed by atoms with Crippen molar-refractivity contribution >= 4 is 23.0 Å². The zero-order chi connectivity index (χ0) is 19.6. The van der Waals surface area contributed by atoms with E-state index >= 15 is 0 Å². The van der Waals surface area contributed by atoms with Gasteiger partial charge in [0.25, 0.3) is 0 Å². The molecule has 0 saturated carbocycles. The van der Waals surface area contributed by atoms with Crippen LogP contribution in [0.15, 0.2) is 27.4 Å². The lowest BCUT2D eigenvalue weighted by molar-refractivity contribution is -0.136. The first-order chi connectivity index (χ1) is 12.0. The fourth-order valence-corrected chi connectivity index (χ4v) is 2.24. The number of hydrogen-bond donors (Lipinski definition) is 1. The van der Waals surface area contributed by atoms with E-state index in [4.69, 9.17) is 13.9 Å². The number of aryl methyl sites for hydroxylation is 1. The predicted molar refractivity (Wildman–Crippen MR) is 96.4 cm³/mol. The summed E-state index contributed by atoms with van der Waals surface area (Å²) in [6, 6.07) is 3.89. The van der Waals surface area contributed by atoms with Crippen LogP contribution >= 0.6 is 0 Å². The maximum atomic E-state index is 12.2. The molecular formula is C19H23NO6. The number of fused-ring (bicyclic) bond motifs is 1. The van der Waals surface area contributed by atoms with Crippen LogP contribution in [0, 0.1) is 13.8 Å². The second-order valence-corrected chi connectivity index (χ2v) is 7.09. The van der Waals surface area contributed by atoms with Crippen LogP contribution in [0.2, 0.25) is 0 Å². The Morgan fingerprint density at radius 3 is 2.42 bits per heavy atom. The van der Waals surface area contributed by atoms with Crippen molar-refractivity contribution in [2.75, 3.05) is 0 Å². The molecular weight excluding hydrogens is 338 g/mol. The molecule has 0 fully saturated rings. The summed E-state index contributed by atoms with van der Waals surface area (Å²) in [5.41, 5.74) is 0.584. The molecule has 1 heterocycles. The first-order valence-corrected chi connectivity index (χ1v) is 8.23. The predicted octanol–water partition coefficient (Wildman–Crippen LogP) is 3.23. The maximum Gasteiger partial charge on any atom is 0.408 e. The molecule has 2 aromatic rings. The van der Waals surface area contributed by atoms with Crippen molar-refractivity contribution in [1.82, 2.24) is 5.32 Å². The van der Waals surface area contributed by atoms with Crippen molar-refractivity contribution in [2.24, 2.45) is 0 Å². The first kappa shape index (κ1) is 19.5. The maximum absolute atomic E-state index is 12.2. The highest BCUT2D eigenvalue weighted by atomic mass is 16.6. The summed E-state index contributed by atoms with van der Waals surface area (Å²) in [6.07, 6.45) is -0.711. The van der Waals surface area contributed by atoms with Gasteiger partial charge in [-0.15, -0.1) is 0 Å². The van der Waals surface area contributed by atoms with Gasteiger partial charge in [0.1, 0.15) is 23.0 Å². The second kappa shape index (κ2) is 7.19. The molecule has 1 N–H and O–H groups in total. The normalized spacial score (nSPS) is 12.5. The summed E-state index contributed by atoms with van der Waals surface area (Å²) >= 11 is 0. The minimum atomic E-state index is -0.910. The molecule has 0 aliphatic heterocycles. The van der Waals surface area contributed by atoms with Gasteiger partial charge in [-0.3, -0.25) is 0 Å². The number of esters is 1. The summed E-state index contributed by atoms with van der Waals surface area (Å²) in [5.74, 6) is -0.451. The third-order valence-electron chi connectivity index (χ3n) is 3.73. The van der Waals surface area contributed by atoms with Gasteiger partial charge in [0.15, 0.2) is 0 Å². The molecule has 140 valence electrons. The van der Waals surface area contributed by atoms with E-state index in [1.165, 1.54) is 13.0 Å². The Morgan fingerprint density at radius 2 is 1.81 bits per heavy atom. The summed E-state index contributed by atoms with van der Waals surface area (Å²) < 4.78 is 15.6. The highest BCUT2D eigenvalue weighted by molar-refractivity contribution is 5.85. The van der Waals surface area contributed by atoms with Gasteiger partial charge in [-0.2, -0.15) is 0 Å². The Morgan fingerprint density at radius 1 is 1.15 bits per heavy atom. The highest BCUT2D eigenvalue weighted by Gasteiger charge is 2.22. The molecule has 1 amide bonds. The first-order valence-electron chi connectivity index (χ1n) is 8.23. The van der Waals surface area contributed by atoms with Crippen LogP contribution in [0.25, 0.3) is 11.0 Å². The fourth-order valence-electron chi connectivity index (χ4n) is 2.24. The van der Waals surface area contributed by atoms with E-state index < -0.39 is 29.3 Å². The van der Waals surface area contributed by atoms with Crippen molar-refractivity contribution in [3.05, 3.63) is 39.7 Å². The topological polar surface area (TPSA) is 94.8 Å². The van der Waals surface area contributed by atoms with Crippen LogP contribution < -0.4 is 15.7 Å². The Kier molecular flexibility index (Phi) is 5.39. The minimum Gasteiger partial charge on any atom is -0.444 e. The molecule has 26 heavy (non-hydrogen) atoms. The van der Waals surface area contributed by atoms with Gasteiger partial charge >= 0.3 is 17.7 Å². The highest BCUT2D eigenvalue weighted by Crippen LogP contribution is 2.24. The standard InChI is InChI=1S/C19H23NO6/c1-10-11(2)16(21)25-15-9-13(7-8-14(10)15)24-17(22)12(3)20-18(23)26-19(4,5)6/h7-9,12H,1-6H3,(H,20,23)/t12-/m1/s1. The Balaban J connectivity index is 2.12. The summed E-state index contributed by atoms with van der Waals surface area (Å²) in [7, 11) is 0. The largest absolute Gasteiger partial charge is 0.444 e. The third kappa shape index (κ3) is 4.62. The lowest BCUT2D eigenvalue weighted by Gasteiger charge is -2.21. The SMILES string of the molecule is Cc1c(C)c2ccc(OC(=O)[C@@H](C)NC(=O)OC(C)(C)C)cc2oc1=O. The van der Waals surface area contributed by atoms with Gasteiger partial charge in [0, 0.05) is 17.0 Å². The van der Waals surface area contributed by atoms with Crippen molar-refractivity contribution < 1.29 is 23.5 Å². The smallest absolute Gasteiger partial charge is 0.408 e. The molecule has 1 aromatic carbocycles. The van der Waals surface area contributed by atoms with E-state index in [0.29, 0.717) is 11.1 Å². The van der Waals surface area contributed by atoms with Crippen molar-refractivity contribution in [1.29, 1.82) is 0 Å². The van der Waals surface area contributed by atoms with Crippen LogP contribution in [-0.2, 0) is 9.53 Å². The summed E-state index contributed by atoms with van der Waals surface area (Å²) in [6.45, 7) is 10.2. The number of nitrogens with one attached hydrogen (secondary N) is 1. The number of benzene rings is 1. The van der Waals surface area contributed by atoms with Crippen molar-refractivity contribution in [3.8, 4) is 5.75 Å². The van der Waals surface area contributed by atoms with Crippen LogP contribution in [0.5, 0.6) is 5.75 Å². The Bertz CT molecular complexity index is 907. The zero-order valence-electron chi connectivity index (χ0n) is 15.8. The number of carbonyl (C=O) groups excluding carboxylic acids is 2. The fraction of sp³-hybridized carbons (Fsp3) is 0.421. The van der Waals surface area contributed by atoms with E-state index in [-0.39, 0.29) is 5.75 Å². The minimum absolute atomic E-state index is 0.215. The van der Waals surface area contributed by atoms with E-state index in [2.05, 4.69) is 5.32 Å². The van der Waals surface area contributed by atoms with Crippen molar-refractivity contribution in [2.45, 2.75) is 53.2 Å². The zero-order valence-corrected chi connectivity index (χ0v) is 15.8. The average molecular weight is 361 g/mol. The van der Waals surface area contributed by atoms with E-state index in [1.807, 2.05) is 6.92 Å². The number of rotatable bonds is 3. The number of alkyl carbamates (subject to hydrolysis) is 1. The number of amides is 1. The Hall–Kier alpha value is -2.83. The molecule has 0 saturated heterocycles. The third-order valence-corrected chi connectivity index (χ3v) is 3.73. The average Bonchev–Trinajstić information content (AvgIpc) is 2.50. The molecule has 0 bridgehead atoms. The van der Waals surface area contributed by atoms with Crippen LogP contribution in [0.4, 0.5) is 4.79 Å². The molecule has 0 aliphatic carbocycles. The van der Waals surface area contributed by atoms with Gasteiger partial charge in [0.2, 0.25) is 0 Å². The molecule has 1 atom stereocenters. The molecule has 0 radical (unpaired) electrons. The number of carbonyl (C=O) groups is 2. The quantitative estimate of drug-likeness (QED) is 0.512. The Labute approximate surface area is 151 Å². The molecule has 7 heteroatoms. The van der Waals surface area contributed by atoms with Gasteiger partial charge in [-0.05, 0) is 59.2 Å². The van der Waals surface area contributed by atoms with Gasteiger partial charge < -0.3 is 19.2 Å². The second-order valence-electron chi connectivity index (χ2n) is 7.09. The summed E-state index contributed by atoms with van der Waals surface area (Å²) in [5, 5.41) is 3.18. The lowest BCUT2D eigenvalue weighted by atomic mass is 10.1. The molecule has 0 spiro atoms. The van der Waals surface area contributed by atoms with Crippen LogP contribution in [0.1, 0.15) is 38.8 Å². The van der Waals surface area contributed by atoms with E-state index in [9.17, 15) is 14.4 Å².